The Morgan fingerprint density at radius 1 is 0.551 bits per heavy atom. The van der Waals surface area contributed by atoms with Crippen molar-refractivity contribution in [3.63, 3.8) is 0 Å². The minimum Gasteiger partial charge on any atom is -0.204 e. The van der Waals surface area contributed by atoms with E-state index < -0.39 is 46.7 Å². The van der Waals surface area contributed by atoms with E-state index in [-0.39, 0.29) is 33.4 Å². The van der Waals surface area contributed by atoms with Gasteiger partial charge in [-0.1, -0.05) is 31.2 Å². The number of rotatable bonds is 2. The van der Waals surface area contributed by atoms with Gasteiger partial charge in [-0.3, -0.25) is 0 Å². The molecule has 3 aliphatic carbocycles. The minimum atomic E-state index is -1.62. The number of fused-ring (bicyclic) bond motifs is 5. The molecule has 0 saturated carbocycles. The molecule has 0 spiro atoms. The molecule has 0 aliphatic heterocycles. The molecule has 7 rings (SSSR count). The molecule has 0 heterocycles. The predicted octanol–water partition coefficient (Wildman–Crippen LogP) is 9.58. The van der Waals surface area contributed by atoms with Crippen molar-refractivity contribution in [1.82, 2.24) is 0 Å². The van der Waals surface area contributed by atoms with E-state index in [9.17, 15) is 47.4 Å². The normalized spacial score (nSPS) is 16.6. The summed E-state index contributed by atoms with van der Waals surface area (Å²) in [6.07, 6.45) is 3.39. The summed E-state index contributed by atoms with van der Waals surface area (Å²) < 4.78 is 84.3. The van der Waals surface area contributed by atoms with Crippen LogP contribution in [0.2, 0.25) is 0 Å². The summed E-state index contributed by atoms with van der Waals surface area (Å²) in [7, 11) is 0. The molecule has 0 aromatic heterocycles. The molecule has 4 aromatic carbocycles. The Labute approximate surface area is 275 Å². The summed E-state index contributed by atoms with van der Waals surface area (Å²) >= 11 is 0. The second-order valence-corrected chi connectivity index (χ2v) is 11.7. The molecule has 0 N–H and O–H groups in total. The van der Waals surface area contributed by atoms with Crippen molar-refractivity contribution in [3.8, 4) is 46.5 Å². The van der Waals surface area contributed by atoms with E-state index in [1.165, 1.54) is 0 Å². The highest BCUT2D eigenvalue weighted by Gasteiger charge is 2.39. The van der Waals surface area contributed by atoms with E-state index in [4.69, 9.17) is 0 Å². The number of nitrogens with zero attached hydrogens (tertiary/aromatic N) is 4. The molecule has 0 radical (unpaired) electrons. The zero-order chi connectivity index (χ0) is 34.9. The topological polar surface area (TPSA) is 95.2 Å². The number of hydrogen-bond acceptors (Lipinski definition) is 4. The molecule has 10 heteroatoms. The number of halogens is 6. The fourth-order valence-electron chi connectivity index (χ4n) is 7.09. The Balaban J connectivity index is 1.45. The molecule has 2 atom stereocenters. The first kappa shape index (κ1) is 31.0. The third-order valence-corrected chi connectivity index (χ3v) is 9.24. The van der Waals surface area contributed by atoms with Crippen LogP contribution >= 0.6 is 0 Å². The van der Waals surface area contributed by atoms with Crippen molar-refractivity contribution in [3.05, 3.63) is 146 Å². The quantitative estimate of drug-likeness (QED) is 0.108. The second-order valence-electron chi connectivity index (χ2n) is 11.7. The molecule has 0 bridgehead atoms. The van der Waals surface area contributed by atoms with Gasteiger partial charge in [0.2, 0.25) is 0 Å². The van der Waals surface area contributed by atoms with Crippen LogP contribution in [-0.4, -0.2) is 0 Å². The number of benzene rings is 4. The number of nitriles is 4. The first-order valence-electron chi connectivity index (χ1n) is 14.7. The lowest BCUT2D eigenvalue weighted by atomic mass is 9.75. The van der Waals surface area contributed by atoms with E-state index in [1.54, 1.807) is 49.4 Å². The van der Waals surface area contributed by atoms with E-state index >= 15 is 0 Å². The fourth-order valence-corrected chi connectivity index (χ4v) is 7.09. The van der Waals surface area contributed by atoms with Gasteiger partial charge in [0.25, 0.3) is 0 Å². The largest absolute Gasteiger partial charge is 0.204 e. The van der Waals surface area contributed by atoms with Gasteiger partial charge in [0, 0.05) is 17.1 Å². The molecule has 3 aliphatic rings. The maximum absolute atomic E-state index is 14.3. The third kappa shape index (κ3) is 4.50. The van der Waals surface area contributed by atoms with Crippen LogP contribution in [-0.2, 0) is 0 Å². The van der Waals surface area contributed by atoms with Gasteiger partial charge in [-0.15, -0.1) is 0 Å². The van der Waals surface area contributed by atoms with Crippen LogP contribution < -0.4 is 0 Å². The third-order valence-electron chi connectivity index (χ3n) is 9.24. The van der Waals surface area contributed by atoms with Gasteiger partial charge in [0.15, 0.2) is 34.9 Å². The summed E-state index contributed by atoms with van der Waals surface area (Å²) in [4.78, 5) is 0. The van der Waals surface area contributed by atoms with Crippen molar-refractivity contribution in [2.45, 2.75) is 12.8 Å². The summed E-state index contributed by atoms with van der Waals surface area (Å²) in [5.41, 5.74) is 4.70. The molecular weight excluding hydrogens is 638 g/mol. The molecule has 2 unspecified atom stereocenters. The zero-order valence-electron chi connectivity index (χ0n) is 25.1. The zero-order valence-corrected chi connectivity index (χ0v) is 25.1. The highest BCUT2D eigenvalue weighted by molar-refractivity contribution is 6.12. The van der Waals surface area contributed by atoms with Crippen molar-refractivity contribution in [2.24, 2.45) is 5.92 Å². The lowest BCUT2D eigenvalue weighted by Crippen LogP contribution is -2.15. The Kier molecular flexibility index (Phi) is 7.13. The minimum absolute atomic E-state index is 0.0250. The smallest absolute Gasteiger partial charge is 0.194 e. The van der Waals surface area contributed by atoms with E-state index in [0.717, 1.165) is 24.3 Å². The monoisotopic (exact) mass is 654 g/mol. The maximum Gasteiger partial charge on any atom is 0.194 e. The number of hydrogen-bond donors (Lipinski definition) is 0. The van der Waals surface area contributed by atoms with Crippen LogP contribution in [0.3, 0.4) is 0 Å². The summed E-state index contributed by atoms with van der Waals surface area (Å²) in [5.74, 6) is -9.90. The van der Waals surface area contributed by atoms with Crippen LogP contribution in [0.1, 0.15) is 40.7 Å². The second kappa shape index (κ2) is 11.3. The predicted molar refractivity (Wildman–Crippen MR) is 167 cm³/mol. The molecule has 0 saturated heterocycles. The summed E-state index contributed by atoms with van der Waals surface area (Å²) in [6, 6.07) is 19.4. The van der Waals surface area contributed by atoms with E-state index in [1.807, 2.05) is 24.3 Å². The first-order valence-corrected chi connectivity index (χ1v) is 14.7. The van der Waals surface area contributed by atoms with E-state index in [0.29, 0.717) is 50.1 Å². The Morgan fingerprint density at radius 3 is 1.65 bits per heavy atom. The van der Waals surface area contributed by atoms with Gasteiger partial charge < -0.3 is 0 Å². The molecular formula is C39H16F6N4. The first-order chi connectivity index (χ1) is 23.5. The van der Waals surface area contributed by atoms with Gasteiger partial charge in [0.1, 0.15) is 35.4 Å². The summed E-state index contributed by atoms with van der Waals surface area (Å²) in [5, 5.41) is 40.0. The number of allylic oxidation sites excluding steroid dienone is 7. The average molecular weight is 655 g/mol. The van der Waals surface area contributed by atoms with Gasteiger partial charge in [-0.05, 0) is 110 Å². The highest BCUT2D eigenvalue weighted by Crippen LogP contribution is 2.56. The van der Waals surface area contributed by atoms with Crippen molar-refractivity contribution >= 4 is 16.7 Å². The molecule has 49 heavy (non-hydrogen) atoms. The van der Waals surface area contributed by atoms with Crippen molar-refractivity contribution in [1.29, 1.82) is 21.0 Å². The average Bonchev–Trinajstić information content (AvgIpc) is 3.58. The molecule has 4 nitrogen and oxygen atoms in total. The van der Waals surface area contributed by atoms with Crippen LogP contribution in [0, 0.1) is 86.1 Å². The molecule has 4 aromatic rings. The lowest BCUT2D eigenvalue weighted by Gasteiger charge is -2.28. The SMILES string of the molecule is CC1C2=C(C=CC1c1cc(F)c(F)c(F)c1)c1cc3c(cc1C2=C(C#N)C#N)-c1ccc(-c2cc(F)c(F)c(F)c2)cc1C3=C(C#N)C#N. The standard InChI is InChI=1S/C39H16F6N4/c1-17-23(20-9-33(42)39(45)34(43)10-20)4-5-25-27-12-29-26(11-30(27)37(35(17)25)22(15-48)16-49)24-3-2-18(6-28(24)36(29)21(13-46)14-47)19-7-31(40)38(44)32(41)8-19/h2-12,17,23H,1H3. The summed E-state index contributed by atoms with van der Waals surface area (Å²) in [6.45, 7) is 1.77. The maximum atomic E-state index is 14.3. The molecule has 234 valence electrons. The molecule has 0 amide bonds. The Morgan fingerprint density at radius 2 is 1.06 bits per heavy atom. The Bertz CT molecular complexity index is 2450. The molecule has 0 fully saturated rings. The van der Waals surface area contributed by atoms with Crippen molar-refractivity contribution in [2.75, 3.05) is 0 Å². The Hall–Kier alpha value is -6.62. The van der Waals surface area contributed by atoms with E-state index in [2.05, 4.69) is 0 Å². The van der Waals surface area contributed by atoms with Gasteiger partial charge in [0.05, 0.1) is 0 Å². The van der Waals surface area contributed by atoms with Gasteiger partial charge in [-0.2, -0.15) is 21.0 Å². The van der Waals surface area contributed by atoms with Gasteiger partial charge >= 0.3 is 0 Å². The van der Waals surface area contributed by atoms with Crippen LogP contribution in [0.25, 0.3) is 39.0 Å². The van der Waals surface area contributed by atoms with Crippen LogP contribution in [0.4, 0.5) is 26.3 Å². The van der Waals surface area contributed by atoms with Crippen LogP contribution in [0.15, 0.2) is 83.5 Å². The van der Waals surface area contributed by atoms with Gasteiger partial charge in [-0.25, -0.2) is 26.3 Å². The highest BCUT2D eigenvalue weighted by atomic mass is 19.2. The van der Waals surface area contributed by atoms with Crippen molar-refractivity contribution < 1.29 is 26.3 Å². The van der Waals surface area contributed by atoms with Crippen LogP contribution in [0.5, 0.6) is 0 Å². The lowest BCUT2D eigenvalue weighted by molar-refractivity contribution is 0.442. The fraction of sp³-hybridized carbons (Fsp3) is 0.0769.